The highest BCUT2D eigenvalue weighted by Crippen LogP contribution is 2.31. The minimum atomic E-state index is -1.13. The van der Waals surface area contributed by atoms with Crippen LogP contribution in [0.15, 0.2) is 52.3 Å². The number of hydrogen-bond donors (Lipinski definition) is 2. The van der Waals surface area contributed by atoms with E-state index < -0.39 is 16.9 Å². The first-order valence-corrected chi connectivity index (χ1v) is 11.0. The second-order valence-electron chi connectivity index (χ2n) is 8.70. The largest absolute Gasteiger partial charge is 0.493 e. The number of aliphatic hydroxyl groups is 1. The lowest BCUT2D eigenvalue weighted by Gasteiger charge is -2.25. The maximum Gasteiger partial charge on any atom is 0.328 e. The van der Waals surface area contributed by atoms with E-state index in [0.717, 1.165) is 36.5 Å². The normalized spacial score (nSPS) is 15.4. The van der Waals surface area contributed by atoms with Crippen molar-refractivity contribution in [3.05, 3.63) is 74.8 Å². The molecule has 9 nitrogen and oxygen atoms in total. The van der Waals surface area contributed by atoms with Crippen LogP contribution in [0.5, 0.6) is 5.75 Å². The van der Waals surface area contributed by atoms with Gasteiger partial charge in [0.2, 0.25) is 0 Å². The number of ether oxygens (including phenoxy) is 1. The molecule has 0 spiro atoms. The Hall–Kier alpha value is -3.20. The van der Waals surface area contributed by atoms with Gasteiger partial charge in [0.1, 0.15) is 11.4 Å². The molecule has 0 bridgehead atoms. The standard InChI is InChI=1S/C23H29N5O4/c1-23(31,18-5-4-7-20(13-18)32-15-17-8-9-17)16-28-19(14-24-26-28)6-2-3-11-27-12-10-21(29)25-22(27)30/h4-5,7,10,12-14,17,31H,2-3,6,8-9,11,15-16H2,1H3,(H,25,29,30)/t23-/m1/s1. The molecular formula is C23H29N5O4. The molecular weight excluding hydrogens is 410 g/mol. The summed E-state index contributed by atoms with van der Waals surface area (Å²) in [4.78, 5) is 25.2. The van der Waals surface area contributed by atoms with Gasteiger partial charge in [-0.25, -0.2) is 9.48 Å². The van der Waals surface area contributed by atoms with Crippen molar-refractivity contribution in [1.82, 2.24) is 24.5 Å². The van der Waals surface area contributed by atoms with E-state index in [1.165, 1.54) is 29.7 Å². The molecule has 1 aliphatic rings. The molecule has 0 saturated heterocycles. The number of H-pyrrole nitrogens is 1. The monoisotopic (exact) mass is 439 g/mol. The molecule has 0 aliphatic heterocycles. The van der Waals surface area contributed by atoms with Crippen LogP contribution in [0, 0.1) is 5.92 Å². The van der Waals surface area contributed by atoms with Crippen molar-refractivity contribution < 1.29 is 9.84 Å². The zero-order valence-corrected chi connectivity index (χ0v) is 18.2. The van der Waals surface area contributed by atoms with Crippen molar-refractivity contribution in [1.29, 1.82) is 0 Å². The molecule has 0 unspecified atom stereocenters. The van der Waals surface area contributed by atoms with Crippen molar-refractivity contribution in [3.8, 4) is 5.75 Å². The molecule has 3 aromatic rings. The van der Waals surface area contributed by atoms with E-state index in [4.69, 9.17) is 4.74 Å². The van der Waals surface area contributed by atoms with Crippen LogP contribution in [0.3, 0.4) is 0 Å². The smallest absolute Gasteiger partial charge is 0.328 e. The van der Waals surface area contributed by atoms with Gasteiger partial charge in [0.05, 0.1) is 25.0 Å². The zero-order chi connectivity index (χ0) is 22.6. The minimum Gasteiger partial charge on any atom is -0.493 e. The van der Waals surface area contributed by atoms with Gasteiger partial charge in [0, 0.05) is 18.8 Å². The zero-order valence-electron chi connectivity index (χ0n) is 18.2. The number of aromatic nitrogens is 5. The topological polar surface area (TPSA) is 115 Å². The van der Waals surface area contributed by atoms with Gasteiger partial charge in [-0.2, -0.15) is 0 Å². The third-order valence-electron chi connectivity index (χ3n) is 5.77. The number of unbranched alkanes of at least 4 members (excludes halogenated alkanes) is 1. The highest BCUT2D eigenvalue weighted by atomic mass is 16.5. The number of rotatable bonds is 11. The molecule has 1 fully saturated rings. The molecule has 1 atom stereocenters. The lowest BCUT2D eigenvalue weighted by molar-refractivity contribution is 0.0329. The van der Waals surface area contributed by atoms with E-state index in [9.17, 15) is 14.7 Å². The Bertz CT molecular complexity index is 1160. The van der Waals surface area contributed by atoms with E-state index in [2.05, 4.69) is 15.3 Å². The average molecular weight is 440 g/mol. The highest BCUT2D eigenvalue weighted by Gasteiger charge is 2.26. The summed E-state index contributed by atoms with van der Waals surface area (Å²) in [6, 6.07) is 8.93. The summed E-state index contributed by atoms with van der Waals surface area (Å²) in [6.45, 7) is 3.28. The fraction of sp³-hybridized carbons (Fsp3) is 0.478. The average Bonchev–Trinajstić information content (AvgIpc) is 3.50. The lowest BCUT2D eigenvalue weighted by atomic mass is 9.95. The Morgan fingerprint density at radius 1 is 1.25 bits per heavy atom. The third kappa shape index (κ3) is 5.73. The van der Waals surface area contributed by atoms with Crippen LogP contribution in [0.2, 0.25) is 0 Å². The fourth-order valence-corrected chi connectivity index (χ4v) is 3.62. The predicted octanol–water partition coefficient (Wildman–Crippen LogP) is 1.85. The van der Waals surface area contributed by atoms with Crippen LogP contribution < -0.4 is 16.0 Å². The maximum absolute atomic E-state index is 11.8. The predicted molar refractivity (Wildman–Crippen MR) is 119 cm³/mol. The second-order valence-corrected chi connectivity index (χ2v) is 8.70. The summed E-state index contributed by atoms with van der Waals surface area (Å²) < 4.78 is 9.06. The van der Waals surface area contributed by atoms with Gasteiger partial charge in [-0.1, -0.05) is 17.3 Å². The van der Waals surface area contributed by atoms with Crippen LogP contribution in [-0.2, 0) is 25.1 Å². The minimum absolute atomic E-state index is 0.272. The summed E-state index contributed by atoms with van der Waals surface area (Å²) in [7, 11) is 0. The second kappa shape index (κ2) is 9.52. The number of nitrogens with one attached hydrogen (secondary N) is 1. The van der Waals surface area contributed by atoms with E-state index in [1.54, 1.807) is 17.8 Å². The Balaban J connectivity index is 1.33. The summed E-state index contributed by atoms with van der Waals surface area (Å²) >= 11 is 0. The summed E-state index contributed by atoms with van der Waals surface area (Å²) in [5.41, 5.74) is -0.244. The molecule has 1 aliphatic carbocycles. The summed E-state index contributed by atoms with van der Waals surface area (Å²) in [5, 5.41) is 19.3. The third-order valence-corrected chi connectivity index (χ3v) is 5.77. The van der Waals surface area contributed by atoms with Gasteiger partial charge >= 0.3 is 5.69 Å². The number of benzene rings is 1. The SMILES string of the molecule is C[C@@](O)(Cn1nncc1CCCCn1ccc(=O)[nH]c1=O)c1cccc(OCC2CC2)c1. The van der Waals surface area contributed by atoms with E-state index in [0.29, 0.717) is 18.9 Å². The van der Waals surface area contributed by atoms with Crippen molar-refractivity contribution in [2.75, 3.05) is 6.61 Å². The van der Waals surface area contributed by atoms with Crippen LogP contribution in [0.4, 0.5) is 0 Å². The molecule has 2 N–H and O–H groups in total. The lowest BCUT2D eigenvalue weighted by Crippen LogP contribution is -2.29. The van der Waals surface area contributed by atoms with E-state index >= 15 is 0 Å². The van der Waals surface area contributed by atoms with Crippen LogP contribution in [0.25, 0.3) is 0 Å². The Kier molecular flexibility index (Phi) is 6.55. The van der Waals surface area contributed by atoms with Crippen molar-refractivity contribution in [3.63, 3.8) is 0 Å². The first-order valence-electron chi connectivity index (χ1n) is 11.0. The van der Waals surface area contributed by atoms with Gasteiger partial charge < -0.3 is 14.4 Å². The summed E-state index contributed by atoms with van der Waals surface area (Å²) in [5.74, 6) is 1.44. The number of hydrogen-bond acceptors (Lipinski definition) is 6. The fourth-order valence-electron chi connectivity index (χ4n) is 3.62. The van der Waals surface area contributed by atoms with Gasteiger partial charge in [-0.3, -0.25) is 9.78 Å². The van der Waals surface area contributed by atoms with Gasteiger partial charge in [-0.15, -0.1) is 5.10 Å². The van der Waals surface area contributed by atoms with Crippen LogP contribution >= 0.6 is 0 Å². The Morgan fingerprint density at radius 2 is 2.09 bits per heavy atom. The highest BCUT2D eigenvalue weighted by molar-refractivity contribution is 5.32. The molecule has 170 valence electrons. The molecule has 2 heterocycles. The quantitative estimate of drug-likeness (QED) is 0.441. The molecule has 0 amide bonds. The molecule has 4 rings (SSSR count). The first kappa shape index (κ1) is 22.0. The summed E-state index contributed by atoms with van der Waals surface area (Å²) in [6.07, 6.45) is 7.96. The van der Waals surface area contributed by atoms with Gasteiger partial charge in [-0.05, 0) is 62.6 Å². The molecule has 2 aromatic heterocycles. The molecule has 9 heteroatoms. The Morgan fingerprint density at radius 3 is 2.88 bits per heavy atom. The Labute approximate surface area is 185 Å². The van der Waals surface area contributed by atoms with E-state index in [1.807, 2.05) is 24.3 Å². The van der Waals surface area contributed by atoms with Gasteiger partial charge in [0.25, 0.3) is 5.56 Å². The first-order chi connectivity index (χ1) is 15.4. The molecule has 0 radical (unpaired) electrons. The van der Waals surface area contributed by atoms with Crippen molar-refractivity contribution >= 4 is 0 Å². The molecule has 1 saturated carbocycles. The number of nitrogens with zero attached hydrogens (tertiary/aromatic N) is 4. The van der Waals surface area contributed by atoms with Crippen molar-refractivity contribution in [2.24, 2.45) is 5.92 Å². The number of aromatic amines is 1. The maximum atomic E-state index is 11.8. The van der Waals surface area contributed by atoms with Crippen molar-refractivity contribution in [2.45, 2.75) is 57.7 Å². The van der Waals surface area contributed by atoms with E-state index in [-0.39, 0.29) is 6.54 Å². The molecule has 32 heavy (non-hydrogen) atoms. The molecule has 1 aromatic carbocycles. The van der Waals surface area contributed by atoms with Crippen LogP contribution in [0.1, 0.15) is 43.9 Å². The van der Waals surface area contributed by atoms with Crippen LogP contribution in [-0.4, -0.2) is 36.3 Å². The van der Waals surface area contributed by atoms with Gasteiger partial charge in [0.15, 0.2) is 0 Å². The number of aryl methyl sites for hydroxylation is 2.